The van der Waals surface area contributed by atoms with E-state index < -0.39 is 29.6 Å². The van der Waals surface area contributed by atoms with E-state index in [9.17, 15) is 18.8 Å². The predicted octanol–water partition coefficient (Wildman–Crippen LogP) is 3.31. The summed E-state index contributed by atoms with van der Waals surface area (Å²) in [4.78, 5) is 36.2. The largest absolute Gasteiger partial charge is 0.465 e. The molecular formula is C16H17BrClFO6. The van der Waals surface area contributed by atoms with Crippen molar-refractivity contribution in [3.05, 3.63) is 32.5 Å². The second kappa shape index (κ2) is 9.72. The van der Waals surface area contributed by atoms with Crippen LogP contribution in [0.25, 0.3) is 0 Å². The van der Waals surface area contributed by atoms with Crippen molar-refractivity contribution < 1.29 is 33.0 Å². The first-order valence-electron chi connectivity index (χ1n) is 7.36. The Morgan fingerprint density at radius 3 is 2.16 bits per heavy atom. The maximum atomic E-state index is 13.9. The molecule has 0 heterocycles. The Kier molecular flexibility index (Phi) is 8.31. The minimum absolute atomic E-state index is 0.0492. The lowest BCUT2D eigenvalue weighted by molar-refractivity contribution is -0.161. The Labute approximate surface area is 157 Å². The molecule has 0 aliphatic rings. The second-order valence-corrected chi connectivity index (χ2v) is 5.94. The molecule has 0 fully saturated rings. The molecular weight excluding hydrogens is 423 g/mol. The van der Waals surface area contributed by atoms with Gasteiger partial charge >= 0.3 is 17.9 Å². The van der Waals surface area contributed by atoms with Gasteiger partial charge in [-0.15, -0.1) is 0 Å². The van der Waals surface area contributed by atoms with E-state index in [1.165, 1.54) is 0 Å². The molecule has 0 N–H and O–H groups in total. The molecule has 0 bridgehead atoms. The van der Waals surface area contributed by atoms with E-state index in [2.05, 4.69) is 20.7 Å². The zero-order chi connectivity index (χ0) is 19.1. The maximum Gasteiger partial charge on any atom is 0.338 e. The lowest BCUT2D eigenvalue weighted by Gasteiger charge is -2.18. The molecule has 1 rings (SSSR count). The van der Waals surface area contributed by atoms with Gasteiger partial charge in [-0.25, -0.2) is 9.18 Å². The standard InChI is InChI=1S/C16H17BrClFO6/c1-4-24-15(21)10(16(22)25-5-2)6-8-9(14(20)23-3)7-11(19)13(18)12(8)17/h7,10H,4-6H2,1-3H3. The van der Waals surface area contributed by atoms with Crippen LogP contribution in [0.3, 0.4) is 0 Å². The van der Waals surface area contributed by atoms with Crippen LogP contribution in [-0.4, -0.2) is 38.2 Å². The smallest absolute Gasteiger partial charge is 0.338 e. The number of hydrogen-bond donors (Lipinski definition) is 0. The van der Waals surface area contributed by atoms with Gasteiger partial charge in [-0.1, -0.05) is 11.6 Å². The Bertz CT molecular complexity index is 661. The first kappa shape index (κ1) is 21.4. The number of halogens is 3. The molecule has 6 nitrogen and oxygen atoms in total. The van der Waals surface area contributed by atoms with E-state index in [1.54, 1.807) is 13.8 Å². The fraction of sp³-hybridized carbons (Fsp3) is 0.438. The number of ether oxygens (including phenoxy) is 3. The number of hydrogen-bond acceptors (Lipinski definition) is 6. The van der Waals surface area contributed by atoms with Crippen molar-refractivity contribution in [2.45, 2.75) is 20.3 Å². The van der Waals surface area contributed by atoms with E-state index in [1.807, 2.05) is 0 Å². The van der Waals surface area contributed by atoms with Gasteiger partial charge in [-0.05, 0) is 47.8 Å². The SMILES string of the molecule is CCOC(=O)C(Cc1c(C(=O)OC)cc(F)c(Cl)c1Br)C(=O)OCC. The molecule has 1 aromatic carbocycles. The average molecular weight is 440 g/mol. The van der Waals surface area contributed by atoms with Gasteiger partial charge in [0.2, 0.25) is 0 Å². The molecule has 9 heteroatoms. The molecule has 0 atom stereocenters. The Morgan fingerprint density at radius 2 is 1.72 bits per heavy atom. The fourth-order valence-electron chi connectivity index (χ4n) is 2.08. The molecule has 0 aliphatic carbocycles. The first-order chi connectivity index (χ1) is 11.8. The van der Waals surface area contributed by atoms with Crippen molar-refractivity contribution in [1.82, 2.24) is 0 Å². The monoisotopic (exact) mass is 438 g/mol. The van der Waals surface area contributed by atoms with Crippen molar-refractivity contribution in [3.8, 4) is 0 Å². The molecule has 0 radical (unpaired) electrons. The number of carbonyl (C=O) groups is 3. The quantitative estimate of drug-likeness (QED) is 0.281. The van der Waals surface area contributed by atoms with E-state index in [0.29, 0.717) is 0 Å². The van der Waals surface area contributed by atoms with Crippen LogP contribution in [0.5, 0.6) is 0 Å². The maximum absolute atomic E-state index is 13.9. The normalized spacial score (nSPS) is 10.5. The predicted molar refractivity (Wildman–Crippen MR) is 90.9 cm³/mol. The lowest BCUT2D eigenvalue weighted by Crippen LogP contribution is -2.30. The van der Waals surface area contributed by atoms with Crippen LogP contribution in [0.2, 0.25) is 5.02 Å². The van der Waals surface area contributed by atoms with Crippen LogP contribution in [-0.2, 0) is 30.2 Å². The number of rotatable bonds is 7. The van der Waals surface area contributed by atoms with Crippen LogP contribution in [0.4, 0.5) is 4.39 Å². The summed E-state index contributed by atoms with van der Waals surface area (Å²) in [5.74, 6) is -4.64. The van der Waals surface area contributed by atoms with Crippen LogP contribution in [0, 0.1) is 11.7 Å². The van der Waals surface area contributed by atoms with Gasteiger partial charge in [0.25, 0.3) is 0 Å². The number of methoxy groups -OCH3 is 1. The molecule has 0 unspecified atom stereocenters. The molecule has 0 aromatic heterocycles. The summed E-state index contributed by atoms with van der Waals surface area (Å²) in [6.07, 6.45) is -0.275. The molecule has 0 saturated heterocycles. The van der Waals surface area contributed by atoms with Crippen molar-refractivity contribution in [2.75, 3.05) is 20.3 Å². The van der Waals surface area contributed by atoms with E-state index in [4.69, 9.17) is 21.1 Å². The van der Waals surface area contributed by atoms with Crippen molar-refractivity contribution in [2.24, 2.45) is 5.92 Å². The highest BCUT2D eigenvalue weighted by atomic mass is 79.9. The minimum atomic E-state index is -1.33. The summed E-state index contributed by atoms with van der Waals surface area (Å²) >= 11 is 8.96. The van der Waals surface area contributed by atoms with E-state index in [0.717, 1.165) is 13.2 Å². The van der Waals surface area contributed by atoms with Crippen LogP contribution in [0.15, 0.2) is 10.5 Å². The van der Waals surface area contributed by atoms with E-state index in [-0.39, 0.29) is 40.3 Å². The van der Waals surface area contributed by atoms with Crippen molar-refractivity contribution in [3.63, 3.8) is 0 Å². The molecule has 0 spiro atoms. The zero-order valence-corrected chi connectivity index (χ0v) is 16.2. The van der Waals surface area contributed by atoms with Crippen LogP contribution >= 0.6 is 27.5 Å². The summed E-state index contributed by atoms with van der Waals surface area (Å²) in [6.45, 7) is 3.29. The van der Waals surface area contributed by atoms with Crippen LogP contribution in [0.1, 0.15) is 29.8 Å². The highest BCUT2D eigenvalue weighted by Crippen LogP contribution is 2.34. The molecule has 138 valence electrons. The first-order valence-corrected chi connectivity index (χ1v) is 8.53. The minimum Gasteiger partial charge on any atom is -0.465 e. The fourth-order valence-corrected chi connectivity index (χ4v) is 2.81. The molecule has 1 aromatic rings. The Morgan fingerprint density at radius 1 is 1.20 bits per heavy atom. The third-order valence-electron chi connectivity index (χ3n) is 3.22. The molecule has 0 amide bonds. The van der Waals surface area contributed by atoms with Crippen LogP contribution < -0.4 is 0 Å². The van der Waals surface area contributed by atoms with Gasteiger partial charge in [0.1, 0.15) is 5.82 Å². The van der Waals surface area contributed by atoms with Crippen molar-refractivity contribution >= 4 is 45.4 Å². The Balaban J connectivity index is 3.40. The molecule has 0 saturated carbocycles. The van der Waals surface area contributed by atoms with Gasteiger partial charge in [0.05, 0.1) is 30.9 Å². The molecule has 0 aliphatic heterocycles. The van der Waals surface area contributed by atoms with Gasteiger partial charge < -0.3 is 14.2 Å². The number of esters is 3. The van der Waals surface area contributed by atoms with Gasteiger partial charge in [-0.2, -0.15) is 0 Å². The van der Waals surface area contributed by atoms with Crippen molar-refractivity contribution in [1.29, 1.82) is 0 Å². The number of benzene rings is 1. The average Bonchev–Trinajstić information content (AvgIpc) is 2.58. The zero-order valence-electron chi connectivity index (χ0n) is 13.9. The molecule has 25 heavy (non-hydrogen) atoms. The lowest BCUT2D eigenvalue weighted by atomic mass is 9.95. The number of carbonyl (C=O) groups excluding carboxylic acids is 3. The second-order valence-electron chi connectivity index (χ2n) is 4.76. The highest BCUT2D eigenvalue weighted by Gasteiger charge is 2.33. The van der Waals surface area contributed by atoms with E-state index >= 15 is 0 Å². The highest BCUT2D eigenvalue weighted by molar-refractivity contribution is 9.10. The van der Waals surface area contributed by atoms with Gasteiger partial charge in [0.15, 0.2) is 5.92 Å². The summed E-state index contributed by atoms with van der Waals surface area (Å²) in [5.41, 5.74) is -0.0146. The topological polar surface area (TPSA) is 78.9 Å². The third-order valence-corrected chi connectivity index (χ3v) is 4.69. The summed E-state index contributed by atoms with van der Waals surface area (Å²) in [7, 11) is 1.13. The third kappa shape index (κ3) is 5.15. The summed E-state index contributed by atoms with van der Waals surface area (Å²) < 4.78 is 28.3. The van der Waals surface area contributed by atoms with Gasteiger partial charge in [-0.3, -0.25) is 9.59 Å². The summed E-state index contributed by atoms with van der Waals surface area (Å²) in [6, 6.07) is 0.891. The summed E-state index contributed by atoms with van der Waals surface area (Å²) in [5, 5.41) is -0.283. The van der Waals surface area contributed by atoms with Gasteiger partial charge in [0, 0.05) is 4.47 Å². The Hall–Kier alpha value is -1.67.